The van der Waals surface area contributed by atoms with E-state index in [0.717, 1.165) is 16.9 Å². The quantitative estimate of drug-likeness (QED) is 0.575. The molecule has 0 aromatic heterocycles. The monoisotopic (exact) mass is 361 g/mol. The van der Waals surface area contributed by atoms with Crippen LogP contribution in [0.3, 0.4) is 0 Å². The number of halogens is 1. The van der Waals surface area contributed by atoms with E-state index in [4.69, 9.17) is 26.8 Å². The molecule has 2 aromatic rings. The van der Waals surface area contributed by atoms with Gasteiger partial charge >= 0.3 is 5.97 Å². The SMILES string of the molecule is Cc1cc(Cl)ccc1OCCCC(=O)OCc1ccc(C(N)=O)cc1. The van der Waals surface area contributed by atoms with Crippen LogP contribution in [0.15, 0.2) is 42.5 Å². The molecule has 0 spiro atoms. The van der Waals surface area contributed by atoms with Gasteiger partial charge in [0, 0.05) is 17.0 Å². The van der Waals surface area contributed by atoms with Crippen molar-refractivity contribution in [3.05, 3.63) is 64.2 Å². The third-order valence-corrected chi connectivity index (χ3v) is 3.79. The van der Waals surface area contributed by atoms with Gasteiger partial charge in [0.1, 0.15) is 12.4 Å². The molecule has 0 fully saturated rings. The first-order valence-electron chi connectivity index (χ1n) is 7.89. The molecule has 0 atom stereocenters. The Morgan fingerprint density at radius 3 is 2.48 bits per heavy atom. The van der Waals surface area contributed by atoms with Crippen molar-refractivity contribution in [2.75, 3.05) is 6.61 Å². The maximum atomic E-state index is 11.7. The number of ether oxygens (including phenoxy) is 2. The average Bonchev–Trinajstić information content (AvgIpc) is 2.58. The van der Waals surface area contributed by atoms with Crippen molar-refractivity contribution >= 4 is 23.5 Å². The number of amides is 1. The second-order valence-corrected chi connectivity index (χ2v) is 6.02. The summed E-state index contributed by atoms with van der Waals surface area (Å²) in [6, 6.07) is 12.0. The van der Waals surface area contributed by atoms with Gasteiger partial charge in [0.05, 0.1) is 6.61 Å². The molecule has 2 N–H and O–H groups in total. The Kier molecular flexibility index (Phi) is 6.83. The first-order chi connectivity index (χ1) is 12.0. The number of aryl methyl sites for hydroxylation is 1. The van der Waals surface area contributed by atoms with Crippen LogP contribution >= 0.6 is 11.6 Å². The van der Waals surface area contributed by atoms with E-state index in [1.54, 1.807) is 30.3 Å². The van der Waals surface area contributed by atoms with Crippen LogP contribution in [0.4, 0.5) is 0 Å². The third kappa shape index (κ3) is 6.12. The van der Waals surface area contributed by atoms with E-state index >= 15 is 0 Å². The minimum Gasteiger partial charge on any atom is -0.493 e. The smallest absolute Gasteiger partial charge is 0.306 e. The number of carbonyl (C=O) groups excluding carboxylic acids is 2. The molecule has 0 aliphatic heterocycles. The summed E-state index contributed by atoms with van der Waals surface area (Å²) < 4.78 is 10.8. The minimum absolute atomic E-state index is 0.162. The molecular formula is C19H20ClNO4. The van der Waals surface area contributed by atoms with Gasteiger partial charge in [-0.05, 0) is 54.8 Å². The summed E-state index contributed by atoms with van der Waals surface area (Å²) in [4.78, 5) is 22.7. The third-order valence-electron chi connectivity index (χ3n) is 3.56. The topological polar surface area (TPSA) is 78.6 Å². The Morgan fingerprint density at radius 2 is 1.84 bits per heavy atom. The van der Waals surface area contributed by atoms with Gasteiger partial charge in [-0.3, -0.25) is 9.59 Å². The fraction of sp³-hybridized carbons (Fsp3) is 0.263. The normalized spacial score (nSPS) is 10.3. The molecule has 0 heterocycles. The van der Waals surface area contributed by atoms with Gasteiger partial charge in [-0.25, -0.2) is 0 Å². The lowest BCUT2D eigenvalue weighted by atomic mass is 10.1. The van der Waals surface area contributed by atoms with Gasteiger partial charge in [0.2, 0.25) is 5.91 Å². The molecule has 2 aromatic carbocycles. The highest BCUT2D eigenvalue weighted by Gasteiger charge is 2.06. The Morgan fingerprint density at radius 1 is 1.12 bits per heavy atom. The molecule has 0 aliphatic carbocycles. The van der Waals surface area contributed by atoms with Crippen molar-refractivity contribution in [2.45, 2.75) is 26.4 Å². The van der Waals surface area contributed by atoms with Crippen molar-refractivity contribution in [1.29, 1.82) is 0 Å². The molecule has 0 saturated carbocycles. The van der Waals surface area contributed by atoms with Gasteiger partial charge in [0.25, 0.3) is 0 Å². The average molecular weight is 362 g/mol. The van der Waals surface area contributed by atoms with Gasteiger partial charge < -0.3 is 15.2 Å². The minimum atomic E-state index is -0.487. The number of esters is 1. The van der Waals surface area contributed by atoms with Crippen LogP contribution in [0.25, 0.3) is 0 Å². The summed E-state index contributed by atoms with van der Waals surface area (Å²) >= 11 is 5.89. The number of carbonyl (C=O) groups is 2. The predicted octanol–water partition coefficient (Wildman–Crippen LogP) is 3.65. The van der Waals surface area contributed by atoms with Gasteiger partial charge in [-0.2, -0.15) is 0 Å². The van der Waals surface area contributed by atoms with Crippen LogP contribution in [0.1, 0.15) is 34.3 Å². The number of rotatable bonds is 8. The fourth-order valence-corrected chi connectivity index (χ4v) is 2.40. The zero-order chi connectivity index (χ0) is 18.2. The molecular weight excluding hydrogens is 342 g/mol. The molecule has 132 valence electrons. The summed E-state index contributed by atoms with van der Waals surface area (Å²) in [6.07, 6.45) is 0.827. The van der Waals surface area contributed by atoms with E-state index in [2.05, 4.69) is 0 Å². The summed E-state index contributed by atoms with van der Waals surface area (Å²) in [5, 5.41) is 0.664. The summed E-state index contributed by atoms with van der Waals surface area (Å²) in [6.45, 7) is 2.50. The Bertz CT molecular complexity index is 744. The van der Waals surface area contributed by atoms with Crippen LogP contribution in [0, 0.1) is 6.92 Å². The van der Waals surface area contributed by atoms with Crippen molar-refractivity contribution < 1.29 is 19.1 Å². The number of hydrogen-bond acceptors (Lipinski definition) is 4. The Balaban J connectivity index is 1.67. The van der Waals surface area contributed by atoms with Crippen LogP contribution in [-0.2, 0) is 16.1 Å². The summed E-state index contributed by atoms with van der Waals surface area (Å²) in [5.41, 5.74) is 7.34. The first-order valence-corrected chi connectivity index (χ1v) is 8.27. The lowest BCUT2D eigenvalue weighted by Gasteiger charge is -2.09. The molecule has 0 radical (unpaired) electrons. The number of hydrogen-bond donors (Lipinski definition) is 1. The second kappa shape index (κ2) is 9.08. The van der Waals surface area contributed by atoms with Crippen molar-refractivity contribution in [3.8, 4) is 5.75 Å². The molecule has 0 saturated heterocycles. The van der Waals surface area contributed by atoms with Crippen LogP contribution in [-0.4, -0.2) is 18.5 Å². The van der Waals surface area contributed by atoms with E-state index in [1.807, 2.05) is 19.1 Å². The maximum absolute atomic E-state index is 11.7. The number of primary amides is 1. The number of nitrogens with two attached hydrogens (primary N) is 1. The van der Waals surface area contributed by atoms with Gasteiger partial charge in [-0.1, -0.05) is 23.7 Å². The van der Waals surface area contributed by atoms with E-state index in [-0.39, 0.29) is 19.0 Å². The highest BCUT2D eigenvalue weighted by molar-refractivity contribution is 6.30. The molecule has 25 heavy (non-hydrogen) atoms. The van der Waals surface area contributed by atoms with E-state index in [0.29, 0.717) is 23.6 Å². The summed E-state index contributed by atoms with van der Waals surface area (Å²) in [7, 11) is 0. The van der Waals surface area contributed by atoms with Crippen LogP contribution < -0.4 is 10.5 Å². The second-order valence-electron chi connectivity index (χ2n) is 5.58. The highest BCUT2D eigenvalue weighted by atomic mass is 35.5. The molecule has 0 aliphatic rings. The highest BCUT2D eigenvalue weighted by Crippen LogP contribution is 2.21. The maximum Gasteiger partial charge on any atom is 0.306 e. The lowest BCUT2D eigenvalue weighted by Crippen LogP contribution is -2.11. The zero-order valence-electron chi connectivity index (χ0n) is 14.0. The molecule has 2 rings (SSSR count). The first kappa shape index (κ1) is 18.8. The predicted molar refractivity (Wildman–Crippen MR) is 95.7 cm³/mol. The molecule has 6 heteroatoms. The van der Waals surface area contributed by atoms with Crippen LogP contribution in [0.2, 0.25) is 5.02 Å². The molecule has 0 unspecified atom stereocenters. The van der Waals surface area contributed by atoms with Gasteiger partial charge in [0.15, 0.2) is 0 Å². The van der Waals surface area contributed by atoms with E-state index < -0.39 is 5.91 Å². The standard InChI is InChI=1S/C19H20ClNO4/c1-13-11-16(20)8-9-17(13)24-10-2-3-18(22)25-12-14-4-6-15(7-5-14)19(21)23/h4-9,11H,2-3,10,12H2,1H3,(H2,21,23). The van der Waals surface area contributed by atoms with Gasteiger partial charge in [-0.15, -0.1) is 0 Å². The Labute approximate surface area is 151 Å². The fourth-order valence-electron chi connectivity index (χ4n) is 2.17. The molecule has 1 amide bonds. The van der Waals surface area contributed by atoms with Crippen molar-refractivity contribution in [1.82, 2.24) is 0 Å². The summed E-state index contributed by atoms with van der Waals surface area (Å²) in [5.74, 6) is -0.0258. The Hall–Kier alpha value is -2.53. The van der Waals surface area contributed by atoms with Crippen molar-refractivity contribution in [2.24, 2.45) is 5.73 Å². The van der Waals surface area contributed by atoms with E-state index in [1.165, 1.54) is 0 Å². The number of benzene rings is 2. The largest absolute Gasteiger partial charge is 0.493 e. The zero-order valence-corrected chi connectivity index (χ0v) is 14.7. The van der Waals surface area contributed by atoms with Crippen LogP contribution in [0.5, 0.6) is 5.75 Å². The lowest BCUT2D eigenvalue weighted by molar-refractivity contribution is -0.145. The molecule has 5 nitrogen and oxygen atoms in total. The molecule has 0 bridgehead atoms. The van der Waals surface area contributed by atoms with Crippen molar-refractivity contribution in [3.63, 3.8) is 0 Å². The van der Waals surface area contributed by atoms with E-state index in [9.17, 15) is 9.59 Å².